The Bertz CT molecular complexity index is 2390. The van der Waals surface area contributed by atoms with Gasteiger partial charge in [-0.2, -0.15) is 0 Å². The van der Waals surface area contributed by atoms with Gasteiger partial charge in [-0.1, -0.05) is 161 Å². The molecular formula is C51H49N5. The molecule has 278 valence electrons. The Morgan fingerprint density at radius 2 is 1.32 bits per heavy atom. The zero-order chi connectivity index (χ0) is 38.0. The molecule has 56 heavy (non-hydrogen) atoms. The third-order valence-corrected chi connectivity index (χ3v) is 13.1. The van der Waals surface area contributed by atoms with E-state index in [0.717, 1.165) is 35.6 Å². The summed E-state index contributed by atoms with van der Waals surface area (Å²) in [5.74, 6) is 1.97. The van der Waals surface area contributed by atoms with Crippen LogP contribution < -0.4 is 10.2 Å². The van der Waals surface area contributed by atoms with Crippen molar-refractivity contribution in [2.45, 2.75) is 64.2 Å². The first-order chi connectivity index (χ1) is 27.3. The van der Waals surface area contributed by atoms with Gasteiger partial charge in [0.1, 0.15) is 11.7 Å². The maximum absolute atomic E-state index is 5.55. The molecule has 5 atom stereocenters. The van der Waals surface area contributed by atoms with Crippen molar-refractivity contribution in [2.24, 2.45) is 27.2 Å². The van der Waals surface area contributed by atoms with Gasteiger partial charge in [-0.3, -0.25) is 0 Å². The molecule has 0 saturated carbocycles. The van der Waals surface area contributed by atoms with Crippen LogP contribution in [-0.2, 0) is 5.41 Å². The molecule has 10 rings (SSSR count). The number of hydrogen-bond donors (Lipinski definition) is 1. The summed E-state index contributed by atoms with van der Waals surface area (Å²) in [6.45, 7) is 9.62. The quantitative estimate of drug-likeness (QED) is 0.222. The summed E-state index contributed by atoms with van der Waals surface area (Å²) in [5.41, 5.74) is 11.2. The lowest BCUT2D eigenvalue weighted by molar-refractivity contribution is 0.164. The van der Waals surface area contributed by atoms with E-state index in [0.29, 0.717) is 5.92 Å². The smallest absolute Gasteiger partial charge is 0.169 e. The molecule has 0 fully saturated rings. The Morgan fingerprint density at radius 3 is 2.05 bits per heavy atom. The molecule has 3 aliphatic carbocycles. The highest BCUT2D eigenvalue weighted by molar-refractivity contribution is 6.12. The SMILES string of the molecule is CC1(C)c2ccccc2N(C2C=CC(N3C4=C(CCC=C4)C(C)(C)C4C=CC=CC43)=CC2C2=NC(c3ccccc3)N=C(c3ccccc3)N2)c2ccccc21. The number of allylic oxidation sites excluding steroid dienone is 6. The molecule has 1 N–H and O–H groups in total. The molecule has 0 radical (unpaired) electrons. The second-order valence-electron chi connectivity index (χ2n) is 16.9. The number of nitrogens with zero attached hydrogens (tertiary/aromatic N) is 4. The van der Waals surface area contributed by atoms with Crippen molar-refractivity contribution >= 4 is 23.0 Å². The fourth-order valence-corrected chi connectivity index (χ4v) is 10.2. The topological polar surface area (TPSA) is 43.2 Å². The van der Waals surface area contributed by atoms with Gasteiger partial charge in [0.05, 0.1) is 18.0 Å². The number of hydrogen-bond acceptors (Lipinski definition) is 5. The highest BCUT2D eigenvalue weighted by Gasteiger charge is 2.48. The number of anilines is 2. The fraction of sp³-hybridized carbons (Fsp3) is 0.255. The summed E-state index contributed by atoms with van der Waals surface area (Å²) in [4.78, 5) is 16.0. The summed E-state index contributed by atoms with van der Waals surface area (Å²) in [6, 6.07) is 39.1. The predicted octanol–water partition coefficient (Wildman–Crippen LogP) is 11.1. The number of fused-ring (bicyclic) bond motifs is 3. The Kier molecular flexibility index (Phi) is 8.25. The van der Waals surface area contributed by atoms with Gasteiger partial charge in [0.25, 0.3) is 0 Å². The van der Waals surface area contributed by atoms with Crippen molar-refractivity contribution in [3.63, 3.8) is 0 Å². The Morgan fingerprint density at radius 1 is 0.661 bits per heavy atom. The molecule has 6 aliphatic rings. The highest BCUT2D eigenvalue weighted by Crippen LogP contribution is 2.54. The van der Waals surface area contributed by atoms with Gasteiger partial charge in [0, 0.05) is 39.7 Å². The molecule has 0 amide bonds. The first kappa shape index (κ1) is 34.5. The molecule has 0 bridgehead atoms. The molecule has 0 spiro atoms. The van der Waals surface area contributed by atoms with Gasteiger partial charge in [-0.05, 0) is 70.9 Å². The van der Waals surface area contributed by atoms with E-state index in [2.05, 4.69) is 207 Å². The Balaban J connectivity index is 1.18. The van der Waals surface area contributed by atoms with Crippen LogP contribution in [-0.4, -0.2) is 28.7 Å². The lowest BCUT2D eigenvalue weighted by Gasteiger charge is -2.53. The van der Waals surface area contributed by atoms with Crippen LogP contribution in [0.5, 0.6) is 0 Å². The van der Waals surface area contributed by atoms with Crippen molar-refractivity contribution in [3.05, 3.63) is 203 Å². The van der Waals surface area contributed by atoms with Crippen molar-refractivity contribution in [3.8, 4) is 0 Å². The van der Waals surface area contributed by atoms with Gasteiger partial charge >= 0.3 is 0 Å². The van der Waals surface area contributed by atoms with Gasteiger partial charge in [-0.15, -0.1) is 0 Å². The number of para-hydroxylation sites is 2. The molecular weight excluding hydrogens is 683 g/mol. The molecule has 4 aromatic carbocycles. The maximum atomic E-state index is 5.55. The third kappa shape index (κ3) is 5.50. The van der Waals surface area contributed by atoms with E-state index >= 15 is 0 Å². The molecule has 5 unspecified atom stereocenters. The second kappa shape index (κ2) is 13.4. The van der Waals surface area contributed by atoms with Crippen LogP contribution in [0.25, 0.3) is 0 Å². The van der Waals surface area contributed by atoms with E-state index in [-0.39, 0.29) is 35.0 Å². The van der Waals surface area contributed by atoms with Crippen LogP contribution in [0.1, 0.15) is 69.0 Å². The minimum Gasteiger partial charge on any atom is -0.334 e. The highest BCUT2D eigenvalue weighted by atomic mass is 15.2. The molecule has 0 saturated heterocycles. The van der Waals surface area contributed by atoms with Crippen molar-refractivity contribution < 1.29 is 0 Å². The summed E-state index contributed by atoms with van der Waals surface area (Å²) < 4.78 is 0. The van der Waals surface area contributed by atoms with E-state index in [1.54, 1.807) is 5.57 Å². The van der Waals surface area contributed by atoms with Crippen LogP contribution >= 0.6 is 0 Å². The molecule has 3 aliphatic heterocycles. The molecule has 3 heterocycles. The zero-order valence-electron chi connectivity index (χ0n) is 32.7. The van der Waals surface area contributed by atoms with Crippen molar-refractivity contribution in [1.29, 1.82) is 0 Å². The van der Waals surface area contributed by atoms with E-state index in [1.807, 2.05) is 0 Å². The number of nitrogens with one attached hydrogen (secondary N) is 1. The average Bonchev–Trinajstić information content (AvgIpc) is 3.25. The second-order valence-corrected chi connectivity index (χ2v) is 16.9. The van der Waals surface area contributed by atoms with Crippen molar-refractivity contribution in [1.82, 2.24) is 10.2 Å². The number of rotatable bonds is 5. The van der Waals surface area contributed by atoms with Gasteiger partial charge < -0.3 is 15.1 Å². The van der Waals surface area contributed by atoms with Gasteiger partial charge in [0.2, 0.25) is 0 Å². The summed E-state index contributed by atoms with van der Waals surface area (Å²) in [6.07, 6.45) is 23.2. The molecule has 5 nitrogen and oxygen atoms in total. The molecule has 0 aromatic heterocycles. The number of benzene rings is 4. The summed E-state index contributed by atoms with van der Waals surface area (Å²) in [5, 5.41) is 3.85. The van der Waals surface area contributed by atoms with E-state index in [9.17, 15) is 0 Å². The lowest BCUT2D eigenvalue weighted by Crippen LogP contribution is -2.52. The largest absolute Gasteiger partial charge is 0.334 e. The normalized spacial score (nSPS) is 26.6. The standard InChI is InChI=1S/C51H49N5/c1-50(2)38-23-11-15-27-43(38)55(44-28-16-12-24-39(44)50)36-31-32-42(56-45-29-17-13-25-40(45)51(3,4)41-26-14-18-30-46(41)56)37(33-36)49-53-47(34-19-7-5-8-20-34)52-48(54-49)35-21-9-6-10-22-35/h5-11,13-23,25-33,37-38,42-43,47H,12,24H2,1-4H3,(H,52,53,54). The van der Waals surface area contributed by atoms with E-state index < -0.39 is 0 Å². The van der Waals surface area contributed by atoms with Crippen LogP contribution in [0, 0.1) is 17.3 Å². The van der Waals surface area contributed by atoms with Gasteiger partial charge in [-0.25, -0.2) is 9.98 Å². The van der Waals surface area contributed by atoms with Crippen LogP contribution in [0.15, 0.2) is 191 Å². The summed E-state index contributed by atoms with van der Waals surface area (Å²) >= 11 is 0. The number of aliphatic imine (C=N–C) groups is 2. The minimum absolute atomic E-state index is 0.0520. The average molecular weight is 732 g/mol. The van der Waals surface area contributed by atoms with Crippen molar-refractivity contribution in [2.75, 3.05) is 4.90 Å². The Labute approximate surface area is 331 Å². The van der Waals surface area contributed by atoms with Crippen LogP contribution in [0.3, 0.4) is 0 Å². The first-order valence-electron chi connectivity index (χ1n) is 20.3. The monoisotopic (exact) mass is 731 g/mol. The number of amidine groups is 2. The summed E-state index contributed by atoms with van der Waals surface area (Å²) in [7, 11) is 0. The maximum Gasteiger partial charge on any atom is 0.169 e. The Hall–Kier alpha value is -5.94. The van der Waals surface area contributed by atoms with E-state index in [4.69, 9.17) is 9.98 Å². The third-order valence-electron chi connectivity index (χ3n) is 13.1. The first-order valence-corrected chi connectivity index (χ1v) is 20.3. The molecule has 5 heteroatoms. The van der Waals surface area contributed by atoms with E-state index in [1.165, 1.54) is 33.9 Å². The fourth-order valence-electron chi connectivity index (χ4n) is 10.2. The minimum atomic E-state index is -0.381. The van der Waals surface area contributed by atoms with Gasteiger partial charge in [0.15, 0.2) is 6.17 Å². The zero-order valence-corrected chi connectivity index (χ0v) is 32.7. The predicted molar refractivity (Wildman–Crippen MR) is 231 cm³/mol. The van der Waals surface area contributed by atoms with Crippen LogP contribution in [0.2, 0.25) is 0 Å². The van der Waals surface area contributed by atoms with Crippen LogP contribution in [0.4, 0.5) is 11.4 Å². The lowest BCUT2D eigenvalue weighted by atomic mass is 9.63. The molecule has 4 aromatic rings.